The highest BCUT2D eigenvalue weighted by molar-refractivity contribution is 5.95. The predicted molar refractivity (Wildman–Crippen MR) is 153 cm³/mol. The van der Waals surface area contributed by atoms with Crippen molar-refractivity contribution >= 4 is 40.4 Å². The summed E-state index contributed by atoms with van der Waals surface area (Å²) in [5, 5.41) is 13.5. The third kappa shape index (κ3) is 5.59. The maximum absolute atomic E-state index is 13.3. The molecule has 2 N–H and O–H groups in total. The third-order valence-corrected chi connectivity index (χ3v) is 7.53. The highest BCUT2D eigenvalue weighted by Gasteiger charge is 2.28. The maximum atomic E-state index is 13.3. The van der Waals surface area contributed by atoms with E-state index < -0.39 is 17.1 Å². The molecule has 0 atom stereocenters. The molecule has 1 aliphatic heterocycles. The number of carbonyl (C=O) groups excluding carboxylic acids is 1. The first-order valence-corrected chi connectivity index (χ1v) is 13.8. The van der Waals surface area contributed by atoms with Crippen molar-refractivity contribution in [2.45, 2.75) is 65.0 Å². The Morgan fingerprint density at radius 3 is 2.30 bits per heavy atom. The molecule has 40 heavy (non-hydrogen) atoms. The number of aryl methyl sites for hydroxylation is 1. The molecule has 5 rings (SSSR count). The number of pyridine rings is 1. The summed E-state index contributed by atoms with van der Waals surface area (Å²) in [4.78, 5) is 50.6. The Morgan fingerprint density at radius 2 is 1.70 bits per heavy atom. The van der Waals surface area contributed by atoms with Crippen LogP contribution in [0.3, 0.4) is 0 Å². The fraction of sp³-hybridized carbons (Fsp3) is 0.483. The summed E-state index contributed by atoms with van der Waals surface area (Å²) in [7, 11) is 0. The Kier molecular flexibility index (Phi) is 7.39. The van der Waals surface area contributed by atoms with Gasteiger partial charge in [-0.3, -0.25) is 9.36 Å². The van der Waals surface area contributed by atoms with E-state index in [0.29, 0.717) is 48.7 Å². The van der Waals surface area contributed by atoms with Crippen LogP contribution >= 0.6 is 0 Å². The average molecular weight is 549 g/mol. The van der Waals surface area contributed by atoms with Gasteiger partial charge < -0.3 is 25.0 Å². The van der Waals surface area contributed by atoms with E-state index in [0.717, 1.165) is 37.1 Å². The molecule has 11 heteroatoms. The number of rotatable bonds is 5. The second-order valence-electron chi connectivity index (χ2n) is 11.5. The van der Waals surface area contributed by atoms with Crippen LogP contribution < -0.4 is 15.8 Å². The summed E-state index contributed by atoms with van der Waals surface area (Å²) in [6.45, 7) is 9.82. The number of carbonyl (C=O) groups is 2. The molecule has 3 heterocycles. The van der Waals surface area contributed by atoms with E-state index in [4.69, 9.17) is 4.74 Å². The van der Waals surface area contributed by atoms with E-state index in [1.807, 2.05) is 45.0 Å². The van der Waals surface area contributed by atoms with Crippen molar-refractivity contribution in [1.82, 2.24) is 19.4 Å². The quantitative estimate of drug-likeness (QED) is 0.465. The van der Waals surface area contributed by atoms with Gasteiger partial charge in [0.2, 0.25) is 5.95 Å². The van der Waals surface area contributed by atoms with Gasteiger partial charge in [-0.25, -0.2) is 14.6 Å². The molecule has 1 saturated carbocycles. The fourth-order valence-corrected chi connectivity index (χ4v) is 5.50. The molecule has 0 bridgehead atoms. The number of aromatic nitrogens is 3. The van der Waals surface area contributed by atoms with E-state index in [1.165, 1.54) is 0 Å². The summed E-state index contributed by atoms with van der Waals surface area (Å²) < 4.78 is 7.05. The van der Waals surface area contributed by atoms with E-state index in [2.05, 4.69) is 20.2 Å². The summed E-state index contributed by atoms with van der Waals surface area (Å²) in [6, 6.07) is 7.80. The number of hydrogen-bond acceptors (Lipinski definition) is 8. The van der Waals surface area contributed by atoms with Crippen molar-refractivity contribution in [3.05, 3.63) is 51.9 Å². The van der Waals surface area contributed by atoms with Crippen molar-refractivity contribution in [1.29, 1.82) is 0 Å². The van der Waals surface area contributed by atoms with E-state index in [9.17, 15) is 19.5 Å². The Bertz CT molecular complexity index is 1480. The minimum Gasteiger partial charge on any atom is -0.477 e. The number of nitrogens with one attached hydrogen (secondary N) is 1. The first-order chi connectivity index (χ1) is 19.0. The molecular weight excluding hydrogens is 512 g/mol. The number of aromatic carboxylic acids is 1. The van der Waals surface area contributed by atoms with Gasteiger partial charge >= 0.3 is 12.1 Å². The van der Waals surface area contributed by atoms with E-state index >= 15 is 0 Å². The molecule has 1 saturated heterocycles. The molecule has 11 nitrogen and oxygen atoms in total. The van der Waals surface area contributed by atoms with Gasteiger partial charge in [0.15, 0.2) is 0 Å². The molecule has 0 spiro atoms. The Balaban J connectivity index is 1.33. The number of piperazine rings is 1. The van der Waals surface area contributed by atoms with Gasteiger partial charge in [-0.1, -0.05) is 12.8 Å². The minimum atomic E-state index is -1.23. The Morgan fingerprint density at radius 1 is 1.05 bits per heavy atom. The average Bonchev–Trinajstić information content (AvgIpc) is 3.42. The lowest BCUT2D eigenvalue weighted by Gasteiger charge is -2.36. The van der Waals surface area contributed by atoms with Crippen molar-refractivity contribution in [2.75, 3.05) is 36.4 Å². The van der Waals surface area contributed by atoms with Crippen LogP contribution in [0.1, 0.15) is 68.4 Å². The second-order valence-corrected chi connectivity index (χ2v) is 11.5. The summed E-state index contributed by atoms with van der Waals surface area (Å²) in [5.74, 6) is -0.899. The maximum Gasteiger partial charge on any atom is 0.410 e. The zero-order valence-electron chi connectivity index (χ0n) is 23.4. The number of benzene rings is 1. The first-order valence-electron chi connectivity index (χ1n) is 13.8. The number of fused-ring (bicyclic) bond motifs is 1. The van der Waals surface area contributed by atoms with Crippen LogP contribution in [0.15, 0.2) is 35.3 Å². The van der Waals surface area contributed by atoms with E-state index in [-0.39, 0.29) is 17.7 Å². The zero-order valence-corrected chi connectivity index (χ0v) is 23.4. The van der Waals surface area contributed by atoms with Gasteiger partial charge in [0.1, 0.15) is 16.8 Å². The number of amides is 1. The molecule has 0 unspecified atom stereocenters. The normalized spacial score (nSPS) is 16.4. The molecule has 212 valence electrons. The fourth-order valence-electron chi connectivity index (χ4n) is 5.50. The van der Waals surface area contributed by atoms with Crippen LogP contribution in [0.5, 0.6) is 0 Å². The summed E-state index contributed by atoms with van der Waals surface area (Å²) in [5.41, 5.74) is 1.42. The van der Waals surface area contributed by atoms with Crippen LogP contribution in [-0.4, -0.2) is 68.4 Å². The number of nitrogens with zero attached hydrogens (tertiary/aromatic N) is 5. The first kappa shape index (κ1) is 27.4. The van der Waals surface area contributed by atoms with Crippen molar-refractivity contribution in [3.8, 4) is 0 Å². The molecule has 1 amide bonds. The number of carboxylic acid groups (broad SMARTS) is 1. The predicted octanol–water partition coefficient (Wildman–Crippen LogP) is 4.71. The molecule has 2 aliphatic rings. The molecular formula is C29H36N6O5. The highest BCUT2D eigenvalue weighted by atomic mass is 16.6. The molecule has 0 radical (unpaired) electrons. The third-order valence-electron chi connectivity index (χ3n) is 7.53. The lowest BCUT2D eigenvalue weighted by molar-refractivity contribution is 0.0240. The topological polar surface area (TPSA) is 130 Å². The van der Waals surface area contributed by atoms with Crippen molar-refractivity contribution in [3.63, 3.8) is 0 Å². The van der Waals surface area contributed by atoms with Crippen molar-refractivity contribution in [2.24, 2.45) is 0 Å². The van der Waals surface area contributed by atoms with E-state index in [1.54, 1.807) is 22.6 Å². The SMILES string of the molecule is Cc1c(C(=O)O)c(=O)n(C2CCCC2)c2nc(Nc3ccc(N4CCN(C(=O)OC(C)(C)C)CC4)cc3)ncc12. The monoisotopic (exact) mass is 548 g/mol. The van der Waals surface area contributed by atoms with Crippen LogP contribution in [0.4, 0.5) is 22.1 Å². The van der Waals surface area contributed by atoms with Gasteiger partial charge in [-0.05, 0) is 70.4 Å². The lowest BCUT2D eigenvalue weighted by atomic mass is 10.1. The van der Waals surface area contributed by atoms with Crippen LogP contribution in [-0.2, 0) is 4.74 Å². The van der Waals surface area contributed by atoms with Gasteiger partial charge in [0, 0.05) is 55.2 Å². The van der Waals surface area contributed by atoms with Crippen LogP contribution in [0, 0.1) is 6.92 Å². The van der Waals surface area contributed by atoms with Crippen molar-refractivity contribution < 1.29 is 19.4 Å². The van der Waals surface area contributed by atoms with Gasteiger partial charge in [-0.15, -0.1) is 0 Å². The molecule has 2 aromatic heterocycles. The Hall–Kier alpha value is -4.15. The summed E-state index contributed by atoms with van der Waals surface area (Å²) in [6.07, 6.45) is 4.93. The molecule has 2 fully saturated rings. The van der Waals surface area contributed by atoms with Gasteiger partial charge in [0.25, 0.3) is 5.56 Å². The molecule has 1 aliphatic carbocycles. The number of hydrogen-bond donors (Lipinski definition) is 2. The van der Waals surface area contributed by atoms with Gasteiger partial charge in [0.05, 0.1) is 0 Å². The highest BCUT2D eigenvalue weighted by Crippen LogP contribution is 2.32. The smallest absolute Gasteiger partial charge is 0.410 e. The minimum absolute atomic E-state index is 0.0773. The zero-order chi connectivity index (χ0) is 28.6. The number of anilines is 3. The van der Waals surface area contributed by atoms with Crippen LogP contribution in [0.2, 0.25) is 0 Å². The number of ether oxygens (including phenoxy) is 1. The largest absolute Gasteiger partial charge is 0.477 e. The number of carboxylic acids is 1. The summed E-state index contributed by atoms with van der Waals surface area (Å²) >= 11 is 0. The molecule has 1 aromatic carbocycles. The lowest BCUT2D eigenvalue weighted by Crippen LogP contribution is -2.50. The molecule has 3 aromatic rings. The second kappa shape index (κ2) is 10.8. The van der Waals surface area contributed by atoms with Crippen LogP contribution in [0.25, 0.3) is 11.0 Å². The van der Waals surface area contributed by atoms with Gasteiger partial charge in [-0.2, -0.15) is 4.98 Å². The Labute approximate surface area is 232 Å². The standard InChI is InChI=1S/C29H36N6O5/c1-18-22-17-30-27(32-24(22)35(21-7-5-6-8-21)25(36)23(18)26(37)38)31-19-9-11-20(12-10-19)33-13-15-34(16-14-33)28(39)40-29(2,3)4/h9-12,17,21H,5-8,13-16H2,1-4H3,(H,37,38)(H,30,31,32).